The van der Waals surface area contributed by atoms with E-state index in [-0.39, 0.29) is 36.0 Å². The Bertz CT molecular complexity index is 961. The summed E-state index contributed by atoms with van der Waals surface area (Å²) in [5.41, 5.74) is -1.40. The lowest BCUT2D eigenvalue weighted by Gasteiger charge is -2.37. The number of alkyl halides is 3. The number of imidazole rings is 1. The van der Waals surface area contributed by atoms with E-state index in [0.29, 0.717) is 25.9 Å². The van der Waals surface area contributed by atoms with Gasteiger partial charge in [-0.25, -0.2) is 13.4 Å². The maximum atomic E-state index is 12.7. The van der Waals surface area contributed by atoms with Crippen LogP contribution in [0.25, 0.3) is 0 Å². The third kappa shape index (κ3) is 4.61. The van der Waals surface area contributed by atoms with Gasteiger partial charge in [0.2, 0.25) is 0 Å². The molecule has 4 rings (SSSR count). The summed E-state index contributed by atoms with van der Waals surface area (Å²) >= 11 is 0. The molecule has 2 N–H and O–H groups in total. The molecule has 3 aliphatic heterocycles. The summed E-state index contributed by atoms with van der Waals surface area (Å²) < 4.78 is 61.3. The van der Waals surface area contributed by atoms with Crippen molar-refractivity contribution >= 4 is 21.5 Å². The highest BCUT2D eigenvalue weighted by Crippen LogP contribution is 2.34. The summed E-state index contributed by atoms with van der Waals surface area (Å²) in [5.74, 6) is -0.247. The van der Waals surface area contributed by atoms with Crippen molar-refractivity contribution in [3.63, 3.8) is 0 Å². The Morgan fingerprint density at radius 2 is 2.23 bits per heavy atom. The fraction of sp³-hybridized carbons (Fsp3) is 0.706. The molecule has 0 bridgehead atoms. The van der Waals surface area contributed by atoms with Crippen molar-refractivity contribution in [3.8, 4) is 0 Å². The van der Waals surface area contributed by atoms with Crippen molar-refractivity contribution in [3.05, 3.63) is 17.7 Å². The van der Waals surface area contributed by atoms with E-state index in [9.17, 15) is 26.4 Å². The predicted molar refractivity (Wildman–Crippen MR) is 99.2 cm³/mol. The lowest BCUT2D eigenvalue weighted by Crippen LogP contribution is -2.49. The lowest BCUT2D eigenvalue weighted by atomic mass is 9.88. The van der Waals surface area contributed by atoms with Crippen molar-refractivity contribution in [2.24, 2.45) is 5.16 Å². The highest BCUT2D eigenvalue weighted by atomic mass is 32.2. The average Bonchev–Trinajstić information content (AvgIpc) is 3.34. The first kappa shape index (κ1) is 21.1. The fourth-order valence-electron chi connectivity index (χ4n) is 4.16. The molecule has 0 unspecified atom stereocenters. The molecule has 1 amide bonds. The van der Waals surface area contributed by atoms with Gasteiger partial charge >= 0.3 is 6.18 Å². The summed E-state index contributed by atoms with van der Waals surface area (Å²) in [4.78, 5) is 26.1. The fourth-order valence-corrected chi connectivity index (χ4v) is 5.84. The number of nitrogens with one attached hydrogen (secondary N) is 2. The highest BCUT2D eigenvalue weighted by Gasteiger charge is 2.45. The Morgan fingerprint density at radius 3 is 2.90 bits per heavy atom. The number of piperidine rings is 1. The Labute approximate surface area is 171 Å². The smallest absolute Gasteiger partial charge is 0.387 e. The number of halogens is 3. The second kappa shape index (κ2) is 7.52. The number of carbonyl (C=O) groups excluding carboxylic acids is 1. The van der Waals surface area contributed by atoms with E-state index in [0.717, 1.165) is 12.6 Å². The maximum absolute atomic E-state index is 12.7. The largest absolute Gasteiger partial charge is 0.432 e. The first-order valence-corrected chi connectivity index (χ1v) is 11.5. The minimum absolute atomic E-state index is 0.0582. The number of aromatic nitrogens is 2. The number of amides is 1. The molecule has 1 aromatic rings. The summed E-state index contributed by atoms with van der Waals surface area (Å²) in [6.07, 6.45) is -1.66. The molecule has 0 radical (unpaired) electrons. The Morgan fingerprint density at radius 1 is 1.43 bits per heavy atom. The van der Waals surface area contributed by atoms with Crippen molar-refractivity contribution in [2.75, 3.05) is 24.6 Å². The van der Waals surface area contributed by atoms with Gasteiger partial charge in [0, 0.05) is 19.0 Å². The Balaban J connectivity index is 1.33. The van der Waals surface area contributed by atoms with Crippen LogP contribution >= 0.6 is 0 Å². The Kier molecular flexibility index (Phi) is 5.29. The first-order valence-electron chi connectivity index (χ1n) is 9.63. The summed E-state index contributed by atoms with van der Waals surface area (Å²) in [6, 6.07) is -0.425. The molecule has 3 aliphatic rings. The Hall–Kier alpha value is -2.15. The summed E-state index contributed by atoms with van der Waals surface area (Å²) in [5, 5.41) is 6.63. The first-order chi connectivity index (χ1) is 14.0. The van der Waals surface area contributed by atoms with Crippen molar-refractivity contribution in [2.45, 2.75) is 50.0 Å². The van der Waals surface area contributed by atoms with Crippen molar-refractivity contribution in [1.29, 1.82) is 0 Å². The molecular formula is C17H22F3N5O4S. The van der Waals surface area contributed by atoms with E-state index in [1.54, 1.807) is 0 Å². The van der Waals surface area contributed by atoms with Crippen LogP contribution in [0.5, 0.6) is 0 Å². The number of aromatic amines is 1. The van der Waals surface area contributed by atoms with Crippen LogP contribution in [0.3, 0.4) is 0 Å². The molecule has 4 heterocycles. The number of rotatable bonds is 4. The van der Waals surface area contributed by atoms with Gasteiger partial charge in [-0.3, -0.25) is 9.69 Å². The van der Waals surface area contributed by atoms with E-state index in [2.05, 4.69) is 20.4 Å². The van der Waals surface area contributed by atoms with Crippen LogP contribution in [0.1, 0.15) is 37.2 Å². The maximum Gasteiger partial charge on any atom is 0.432 e. The number of likely N-dealkylation sites (tertiary alicyclic amines) is 1. The summed E-state index contributed by atoms with van der Waals surface area (Å²) in [6.45, 7) is 1.25. The molecule has 0 aromatic carbocycles. The highest BCUT2D eigenvalue weighted by molar-refractivity contribution is 7.91. The van der Waals surface area contributed by atoms with Gasteiger partial charge in [-0.1, -0.05) is 5.16 Å². The molecular weight excluding hydrogens is 427 g/mol. The standard InChI is InChI=1S/C17H22F3N5O4S/c18-17(19,20)13-7-21-14(23-13)8-25-4-1-3-16(10-25)6-12(24-29-16)15(26)22-11-2-5-30(27,28)9-11/h7,11H,1-6,8-10H2,(H,21,23)(H,22,26)/t11-,16+/m1/s1. The third-order valence-electron chi connectivity index (χ3n) is 5.59. The zero-order valence-electron chi connectivity index (χ0n) is 16.0. The molecule has 1 spiro atoms. The van der Waals surface area contributed by atoms with Gasteiger partial charge in [0.05, 0.1) is 24.2 Å². The number of carbonyl (C=O) groups is 1. The van der Waals surface area contributed by atoms with Gasteiger partial charge in [0.25, 0.3) is 5.91 Å². The van der Waals surface area contributed by atoms with Crippen LogP contribution in [0, 0.1) is 0 Å². The number of hydrogen-bond donors (Lipinski definition) is 2. The molecule has 0 saturated carbocycles. The van der Waals surface area contributed by atoms with Crippen LogP contribution in [0.2, 0.25) is 0 Å². The number of sulfone groups is 1. The molecule has 0 aliphatic carbocycles. The van der Waals surface area contributed by atoms with Crippen LogP contribution in [-0.2, 0) is 32.2 Å². The van der Waals surface area contributed by atoms with Gasteiger partial charge in [-0.15, -0.1) is 0 Å². The normalized spacial score (nSPS) is 29.0. The minimum atomic E-state index is -4.47. The topological polar surface area (TPSA) is 117 Å². The second-order valence-corrected chi connectivity index (χ2v) is 10.3. The van der Waals surface area contributed by atoms with Crippen LogP contribution in [-0.4, -0.2) is 71.1 Å². The molecule has 166 valence electrons. The van der Waals surface area contributed by atoms with Crippen LogP contribution in [0.4, 0.5) is 13.2 Å². The molecule has 30 heavy (non-hydrogen) atoms. The number of H-pyrrole nitrogens is 1. The average molecular weight is 449 g/mol. The zero-order chi connectivity index (χ0) is 21.6. The number of oxime groups is 1. The molecule has 2 atom stereocenters. The van der Waals surface area contributed by atoms with Gasteiger partial charge in [0.15, 0.2) is 15.4 Å². The van der Waals surface area contributed by atoms with Crippen LogP contribution < -0.4 is 5.32 Å². The van der Waals surface area contributed by atoms with Gasteiger partial charge in [-0.05, 0) is 25.8 Å². The number of hydrogen-bond acceptors (Lipinski definition) is 7. The minimum Gasteiger partial charge on any atom is -0.387 e. The van der Waals surface area contributed by atoms with Crippen molar-refractivity contribution < 1.29 is 31.2 Å². The molecule has 13 heteroatoms. The van der Waals surface area contributed by atoms with Gasteiger partial charge < -0.3 is 15.1 Å². The molecule has 1 aromatic heterocycles. The van der Waals surface area contributed by atoms with Gasteiger partial charge in [-0.2, -0.15) is 13.2 Å². The molecule has 2 saturated heterocycles. The third-order valence-corrected chi connectivity index (χ3v) is 7.36. The van der Waals surface area contributed by atoms with E-state index in [1.165, 1.54) is 0 Å². The summed E-state index contributed by atoms with van der Waals surface area (Å²) in [7, 11) is -3.11. The van der Waals surface area contributed by atoms with E-state index in [4.69, 9.17) is 4.84 Å². The van der Waals surface area contributed by atoms with E-state index >= 15 is 0 Å². The van der Waals surface area contributed by atoms with E-state index < -0.39 is 39.3 Å². The van der Waals surface area contributed by atoms with Gasteiger partial charge in [0.1, 0.15) is 17.2 Å². The lowest BCUT2D eigenvalue weighted by molar-refractivity contribution is -0.141. The zero-order valence-corrected chi connectivity index (χ0v) is 16.9. The monoisotopic (exact) mass is 449 g/mol. The molecule has 2 fully saturated rings. The predicted octanol–water partition coefficient (Wildman–Crippen LogP) is 0.843. The van der Waals surface area contributed by atoms with E-state index in [1.807, 2.05) is 4.90 Å². The quantitative estimate of drug-likeness (QED) is 0.704. The van der Waals surface area contributed by atoms with Crippen molar-refractivity contribution in [1.82, 2.24) is 20.2 Å². The molecule has 9 nitrogen and oxygen atoms in total. The SMILES string of the molecule is O=C(N[C@@H]1CCS(=O)(=O)C1)C1=NO[C@@]2(CCCN(Cc3ncc(C(F)(F)F)[nH]3)C2)C1. The van der Waals surface area contributed by atoms with Crippen LogP contribution in [0.15, 0.2) is 11.4 Å². The second-order valence-electron chi connectivity index (χ2n) is 8.12. The number of nitrogens with zero attached hydrogens (tertiary/aromatic N) is 3.